The number of aryl methyl sites for hydroxylation is 1. The normalized spacial score (nSPS) is 11.8. The van der Waals surface area contributed by atoms with Gasteiger partial charge in [0.1, 0.15) is 5.75 Å². The molecule has 0 heterocycles. The molecule has 0 spiro atoms. The van der Waals surface area contributed by atoms with E-state index in [-0.39, 0.29) is 12.5 Å². The van der Waals surface area contributed by atoms with Crippen molar-refractivity contribution in [1.82, 2.24) is 0 Å². The summed E-state index contributed by atoms with van der Waals surface area (Å²) in [5.74, 6) is -0.305. The van der Waals surface area contributed by atoms with Crippen LogP contribution < -0.4 is 10.1 Å². The summed E-state index contributed by atoms with van der Waals surface area (Å²) in [6.07, 6.45) is -0.860. The van der Waals surface area contributed by atoms with E-state index in [1.807, 2.05) is 25.1 Å². The monoisotopic (exact) mass is 389 g/mol. The summed E-state index contributed by atoms with van der Waals surface area (Å²) in [7, 11) is 0. The summed E-state index contributed by atoms with van der Waals surface area (Å²) in [6, 6.07) is 12.6. The van der Waals surface area contributed by atoms with E-state index in [0.29, 0.717) is 10.8 Å². The van der Waals surface area contributed by atoms with E-state index in [2.05, 4.69) is 19.2 Å². The van der Waals surface area contributed by atoms with Crippen LogP contribution >= 0.6 is 11.6 Å². The SMILES string of the molecule is Cc1cccc(C(C)C)c1NC(=O)COC(=O)C(C)Oc1cccc(Cl)c1. The van der Waals surface area contributed by atoms with E-state index in [4.69, 9.17) is 21.1 Å². The molecule has 1 unspecified atom stereocenters. The van der Waals surface area contributed by atoms with Crippen molar-refractivity contribution in [3.05, 3.63) is 58.6 Å². The number of hydrogen-bond donors (Lipinski definition) is 1. The molecule has 5 nitrogen and oxygen atoms in total. The van der Waals surface area contributed by atoms with Crippen molar-refractivity contribution >= 4 is 29.2 Å². The van der Waals surface area contributed by atoms with Crippen molar-refractivity contribution < 1.29 is 19.1 Å². The van der Waals surface area contributed by atoms with Crippen LogP contribution in [0, 0.1) is 6.92 Å². The number of halogens is 1. The molecule has 0 aliphatic carbocycles. The van der Waals surface area contributed by atoms with Crippen LogP contribution in [0.1, 0.15) is 37.8 Å². The molecule has 1 amide bonds. The molecule has 0 saturated carbocycles. The van der Waals surface area contributed by atoms with E-state index in [0.717, 1.165) is 16.8 Å². The maximum absolute atomic E-state index is 12.2. The number of amides is 1. The Labute approximate surface area is 164 Å². The zero-order chi connectivity index (χ0) is 20.0. The smallest absolute Gasteiger partial charge is 0.347 e. The highest BCUT2D eigenvalue weighted by atomic mass is 35.5. The second kappa shape index (κ2) is 9.42. The van der Waals surface area contributed by atoms with Crippen molar-refractivity contribution in [3.63, 3.8) is 0 Å². The molecule has 2 aromatic carbocycles. The van der Waals surface area contributed by atoms with Gasteiger partial charge in [-0.05, 0) is 49.1 Å². The first-order valence-corrected chi connectivity index (χ1v) is 9.14. The van der Waals surface area contributed by atoms with Gasteiger partial charge in [0.2, 0.25) is 0 Å². The van der Waals surface area contributed by atoms with Gasteiger partial charge < -0.3 is 14.8 Å². The summed E-state index contributed by atoms with van der Waals surface area (Å²) in [5.41, 5.74) is 2.75. The number of carbonyl (C=O) groups is 2. The second-order valence-electron chi connectivity index (χ2n) is 6.57. The Hall–Kier alpha value is -2.53. The van der Waals surface area contributed by atoms with Crippen LogP contribution in [-0.2, 0) is 14.3 Å². The lowest BCUT2D eigenvalue weighted by Gasteiger charge is -2.17. The van der Waals surface area contributed by atoms with E-state index in [1.54, 1.807) is 31.2 Å². The lowest BCUT2D eigenvalue weighted by molar-refractivity contribution is -0.153. The Morgan fingerprint density at radius 3 is 2.48 bits per heavy atom. The Bertz CT molecular complexity index is 820. The van der Waals surface area contributed by atoms with Gasteiger partial charge in [-0.1, -0.05) is 49.7 Å². The second-order valence-corrected chi connectivity index (χ2v) is 7.00. The molecular formula is C21H24ClNO4. The average molecular weight is 390 g/mol. The fraction of sp³-hybridized carbons (Fsp3) is 0.333. The summed E-state index contributed by atoms with van der Waals surface area (Å²) in [5, 5.41) is 3.34. The summed E-state index contributed by atoms with van der Waals surface area (Å²) in [6.45, 7) is 7.21. The largest absolute Gasteiger partial charge is 0.479 e. The molecule has 0 fully saturated rings. The molecule has 1 atom stereocenters. The number of ether oxygens (including phenoxy) is 2. The van der Waals surface area contributed by atoms with E-state index in [1.165, 1.54) is 0 Å². The molecule has 0 aliphatic heterocycles. The first-order chi connectivity index (χ1) is 12.8. The molecule has 0 aromatic heterocycles. The highest BCUT2D eigenvalue weighted by Crippen LogP contribution is 2.27. The maximum Gasteiger partial charge on any atom is 0.347 e. The molecule has 0 bridgehead atoms. The number of esters is 1. The van der Waals surface area contributed by atoms with E-state index < -0.39 is 18.0 Å². The van der Waals surface area contributed by atoms with Gasteiger partial charge in [0.25, 0.3) is 5.91 Å². The van der Waals surface area contributed by atoms with Gasteiger partial charge in [-0.2, -0.15) is 0 Å². The zero-order valence-electron chi connectivity index (χ0n) is 15.9. The number of anilines is 1. The Kier molecular flexibility index (Phi) is 7.25. The molecule has 27 heavy (non-hydrogen) atoms. The fourth-order valence-electron chi connectivity index (χ4n) is 2.56. The summed E-state index contributed by atoms with van der Waals surface area (Å²) < 4.78 is 10.6. The van der Waals surface area contributed by atoms with Crippen LogP contribution in [0.5, 0.6) is 5.75 Å². The van der Waals surface area contributed by atoms with Crippen molar-refractivity contribution in [1.29, 1.82) is 0 Å². The van der Waals surface area contributed by atoms with Crippen LogP contribution in [0.2, 0.25) is 5.02 Å². The number of benzene rings is 2. The van der Waals surface area contributed by atoms with Crippen LogP contribution in [0.4, 0.5) is 5.69 Å². The third-order valence-electron chi connectivity index (χ3n) is 3.98. The van der Waals surface area contributed by atoms with Crippen molar-refractivity contribution in [2.45, 2.75) is 39.7 Å². The molecule has 6 heteroatoms. The van der Waals surface area contributed by atoms with Gasteiger partial charge in [-0.3, -0.25) is 4.79 Å². The average Bonchev–Trinajstić information content (AvgIpc) is 2.61. The van der Waals surface area contributed by atoms with Gasteiger partial charge in [0, 0.05) is 10.7 Å². The minimum atomic E-state index is -0.860. The van der Waals surface area contributed by atoms with Gasteiger partial charge in [-0.25, -0.2) is 4.79 Å². The Balaban J connectivity index is 1.91. The molecule has 2 aromatic rings. The first-order valence-electron chi connectivity index (χ1n) is 8.76. The molecule has 0 saturated heterocycles. The molecule has 0 radical (unpaired) electrons. The Morgan fingerprint density at radius 1 is 1.11 bits per heavy atom. The van der Waals surface area contributed by atoms with Crippen LogP contribution in [0.25, 0.3) is 0 Å². The lowest BCUT2D eigenvalue weighted by Crippen LogP contribution is -2.30. The number of para-hydroxylation sites is 1. The van der Waals surface area contributed by atoms with Crippen molar-refractivity contribution in [3.8, 4) is 5.75 Å². The number of carbonyl (C=O) groups excluding carboxylic acids is 2. The highest BCUT2D eigenvalue weighted by Gasteiger charge is 2.19. The fourth-order valence-corrected chi connectivity index (χ4v) is 2.74. The first kappa shape index (κ1) is 20.8. The van der Waals surface area contributed by atoms with Gasteiger partial charge >= 0.3 is 5.97 Å². The van der Waals surface area contributed by atoms with E-state index >= 15 is 0 Å². The third-order valence-corrected chi connectivity index (χ3v) is 4.21. The maximum atomic E-state index is 12.2. The van der Waals surface area contributed by atoms with Crippen molar-refractivity contribution in [2.24, 2.45) is 0 Å². The summed E-state index contributed by atoms with van der Waals surface area (Å²) in [4.78, 5) is 24.3. The van der Waals surface area contributed by atoms with Gasteiger partial charge in [-0.15, -0.1) is 0 Å². The highest BCUT2D eigenvalue weighted by molar-refractivity contribution is 6.30. The number of rotatable bonds is 7. The summed E-state index contributed by atoms with van der Waals surface area (Å²) >= 11 is 5.89. The van der Waals surface area contributed by atoms with Crippen LogP contribution in [-0.4, -0.2) is 24.6 Å². The molecule has 0 aliphatic rings. The van der Waals surface area contributed by atoms with Crippen LogP contribution in [0.3, 0.4) is 0 Å². The van der Waals surface area contributed by atoms with Crippen LogP contribution in [0.15, 0.2) is 42.5 Å². The lowest BCUT2D eigenvalue weighted by atomic mass is 9.98. The molecule has 2 rings (SSSR count). The Morgan fingerprint density at radius 2 is 1.81 bits per heavy atom. The predicted molar refractivity (Wildman–Crippen MR) is 106 cm³/mol. The quantitative estimate of drug-likeness (QED) is 0.696. The minimum absolute atomic E-state index is 0.258. The molecular weight excluding hydrogens is 366 g/mol. The number of nitrogens with one attached hydrogen (secondary N) is 1. The molecule has 144 valence electrons. The number of hydrogen-bond acceptors (Lipinski definition) is 4. The zero-order valence-corrected chi connectivity index (χ0v) is 16.7. The van der Waals surface area contributed by atoms with Gasteiger partial charge in [0.05, 0.1) is 0 Å². The standard InChI is InChI=1S/C21H24ClNO4/c1-13(2)18-10-5-7-14(3)20(18)23-19(24)12-26-21(25)15(4)27-17-9-6-8-16(22)11-17/h5-11,13,15H,12H2,1-4H3,(H,23,24). The van der Waals surface area contributed by atoms with Crippen molar-refractivity contribution in [2.75, 3.05) is 11.9 Å². The van der Waals surface area contributed by atoms with E-state index in [9.17, 15) is 9.59 Å². The third kappa shape index (κ3) is 6.00. The molecule has 1 N–H and O–H groups in total. The van der Waals surface area contributed by atoms with Gasteiger partial charge in [0.15, 0.2) is 12.7 Å². The predicted octanol–water partition coefficient (Wildman–Crippen LogP) is 4.72. The minimum Gasteiger partial charge on any atom is -0.479 e. The topological polar surface area (TPSA) is 64.6 Å².